The van der Waals surface area contributed by atoms with Gasteiger partial charge in [-0.2, -0.15) is 0 Å². The number of ether oxygens (including phenoxy) is 1. The summed E-state index contributed by atoms with van der Waals surface area (Å²) < 4.78 is 5.84. The van der Waals surface area contributed by atoms with Gasteiger partial charge in [0.25, 0.3) is 0 Å². The van der Waals surface area contributed by atoms with E-state index in [1.807, 2.05) is 18.2 Å². The smallest absolute Gasteiger partial charge is 0.122 e. The van der Waals surface area contributed by atoms with E-state index in [1.165, 1.54) is 12.0 Å². The van der Waals surface area contributed by atoms with Crippen LogP contribution in [0, 0.1) is 0 Å². The molecule has 1 aliphatic rings. The van der Waals surface area contributed by atoms with Gasteiger partial charge in [-0.1, -0.05) is 32.0 Å². The van der Waals surface area contributed by atoms with Crippen LogP contribution in [-0.2, 0) is 0 Å². The number of rotatable bonds is 6. The molecule has 106 valence electrons. The Morgan fingerprint density at radius 3 is 2.84 bits per heavy atom. The van der Waals surface area contributed by atoms with E-state index in [2.05, 4.69) is 25.2 Å². The van der Waals surface area contributed by atoms with Gasteiger partial charge in [0.2, 0.25) is 0 Å². The maximum atomic E-state index is 10.1. The van der Waals surface area contributed by atoms with E-state index in [-0.39, 0.29) is 12.1 Å². The summed E-state index contributed by atoms with van der Waals surface area (Å²) in [5.74, 6) is 1.40. The van der Waals surface area contributed by atoms with E-state index in [1.54, 1.807) is 0 Å². The van der Waals surface area contributed by atoms with Crippen molar-refractivity contribution in [1.29, 1.82) is 0 Å². The molecule has 1 fully saturated rings. The number of hydrogen-bond acceptors (Lipinski definition) is 3. The van der Waals surface area contributed by atoms with Gasteiger partial charge in [-0.15, -0.1) is 0 Å². The fourth-order valence-corrected chi connectivity index (χ4v) is 2.62. The van der Waals surface area contributed by atoms with Crippen LogP contribution in [0.3, 0.4) is 0 Å². The second-order valence-corrected chi connectivity index (χ2v) is 5.60. The second kappa shape index (κ2) is 6.92. The van der Waals surface area contributed by atoms with E-state index >= 15 is 0 Å². The molecule has 0 radical (unpaired) electrons. The van der Waals surface area contributed by atoms with Crippen LogP contribution in [0.5, 0.6) is 5.75 Å². The van der Waals surface area contributed by atoms with Crippen LogP contribution in [0.15, 0.2) is 24.3 Å². The van der Waals surface area contributed by atoms with E-state index in [0.717, 1.165) is 18.7 Å². The molecule has 0 aromatic heterocycles. The third kappa shape index (κ3) is 3.95. The topological polar surface area (TPSA) is 41.5 Å². The van der Waals surface area contributed by atoms with Gasteiger partial charge in [-0.05, 0) is 36.9 Å². The minimum atomic E-state index is -0.297. The Bertz CT molecular complexity index is 386. The van der Waals surface area contributed by atoms with Crippen LogP contribution < -0.4 is 10.1 Å². The maximum absolute atomic E-state index is 10.1. The molecule has 0 saturated carbocycles. The minimum Gasteiger partial charge on any atom is -0.493 e. The molecule has 2 N–H and O–H groups in total. The lowest BCUT2D eigenvalue weighted by atomic mass is 10.0. The standard InChI is InChI=1S/C16H25NO2/c1-12(2)13-6-3-4-8-16(13)19-11-9-15(18)14-7-5-10-17-14/h3-4,6,8,12,14-15,17-18H,5,7,9-11H2,1-2H3. The summed E-state index contributed by atoms with van der Waals surface area (Å²) in [4.78, 5) is 0. The van der Waals surface area contributed by atoms with Crippen LogP contribution in [-0.4, -0.2) is 30.4 Å². The molecular weight excluding hydrogens is 238 g/mol. The third-order valence-corrected chi connectivity index (χ3v) is 3.78. The van der Waals surface area contributed by atoms with Crippen molar-refractivity contribution >= 4 is 0 Å². The van der Waals surface area contributed by atoms with E-state index < -0.39 is 0 Å². The van der Waals surface area contributed by atoms with Crippen molar-refractivity contribution in [3.8, 4) is 5.75 Å². The van der Waals surface area contributed by atoms with Crippen LogP contribution in [0.2, 0.25) is 0 Å². The number of hydrogen-bond donors (Lipinski definition) is 2. The predicted molar refractivity (Wildman–Crippen MR) is 77.7 cm³/mol. The molecule has 1 saturated heterocycles. The van der Waals surface area contributed by atoms with E-state index in [0.29, 0.717) is 18.9 Å². The number of para-hydroxylation sites is 1. The molecule has 3 heteroatoms. The second-order valence-electron chi connectivity index (χ2n) is 5.60. The highest BCUT2D eigenvalue weighted by atomic mass is 16.5. The van der Waals surface area contributed by atoms with Gasteiger partial charge in [-0.25, -0.2) is 0 Å². The van der Waals surface area contributed by atoms with Crippen molar-refractivity contribution in [3.63, 3.8) is 0 Å². The fraction of sp³-hybridized carbons (Fsp3) is 0.625. The zero-order valence-corrected chi connectivity index (χ0v) is 11.9. The lowest BCUT2D eigenvalue weighted by Crippen LogP contribution is -2.35. The maximum Gasteiger partial charge on any atom is 0.122 e. The predicted octanol–water partition coefficient (Wildman–Crippen LogP) is 2.69. The highest BCUT2D eigenvalue weighted by Crippen LogP contribution is 2.26. The van der Waals surface area contributed by atoms with Gasteiger partial charge in [0.15, 0.2) is 0 Å². The SMILES string of the molecule is CC(C)c1ccccc1OCCC(O)C1CCCN1. The molecule has 19 heavy (non-hydrogen) atoms. The Balaban J connectivity index is 1.82. The number of aliphatic hydroxyl groups excluding tert-OH is 1. The monoisotopic (exact) mass is 263 g/mol. The Morgan fingerprint density at radius 2 is 2.16 bits per heavy atom. The van der Waals surface area contributed by atoms with Gasteiger partial charge in [0.1, 0.15) is 5.75 Å². The average Bonchev–Trinajstić information content (AvgIpc) is 2.93. The zero-order valence-electron chi connectivity index (χ0n) is 11.9. The Morgan fingerprint density at radius 1 is 1.37 bits per heavy atom. The molecule has 0 spiro atoms. The number of aliphatic hydroxyl groups is 1. The number of benzene rings is 1. The summed E-state index contributed by atoms with van der Waals surface area (Å²) in [5.41, 5.74) is 1.23. The van der Waals surface area contributed by atoms with Crippen molar-refractivity contribution in [2.45, 2.75) is 51.2 Å². The van der Waals surface area contributed by atoms with Gasteiger partial charge in [-0.3, -0.25) is 0 Å². The Labute approximate surface area is 116 Å². The molecule has 1 heterocycles. The van der Waals surface area contributed by atoms with Crippen LogP contribution in [0.25, 0.3) is 0 Å². The molecule has 3 nitrogen and oxygen atoms in total. The Hall–Kier alpha value is -1.06. The lowest BCUT2D eigenvalue weighted by molar-refractivity contribution is 0.107. The third-order valence-electron chi connectivity index (χ3n) is 3.78. The molecule has 0 aliphatic carbocycles. The normalized spacial score (nSPS) is 20.7. The Kier molecular flexibility index (Phi) is 5.23. The largest absolute Gasteiger partial charge is 0.493 e. The van der Waals surface area contributed by atoms with E-state index in [9.17, 15) is 5.11 Å². The quantitative estimate of drug-likeness (QED) is 0.829. The van der Waals surface area contributed by atoms with Gasteiger partial charge in [0, 0.05) is 12.5 Å². The first-order valence-electron chi connectivity index (χ1n) is 7.31. The summed E-state index contributed by atoms with van der Waals surface area (Å²) in [6.07, 6.45) is 2.63. The molecule has 2 unspecified atom stereocenters. The minimum absolute atomic E-state index is 0.254. The van der Waals surface area contributed by atoms with Gasteiger partial charge < -0.3 is 15.2 Å². The highest BCUT2D eigenvalue weighted by molar-refractivity contribution is 5.35. The van der Waals surface area contributed by atoms with Crippen LogP contribution in [0.1, 0.15) is 44.6 Å². The summed E-state index contributed by atoms with van der Waals surface area (Å²) in [7, 11) is 0. The molecule has 2 atom stereocenters. The van der Waals surface area contributed by atoms with Crippen molar-refractivity contribution in [1.82, 2.24) is 5.32 Å². The number of nitrogens with one attached hydrogen (secondary N) is 1. The van der Waals surface area contributed by atoms with Crippen LogP contribution in [0.4, 0.5) is 0 Å². The first-order chi connectivity index (χ1) is 9.18. The molecule has 0 bridgehead atoms. The summed E-state index contributed by atoms with van der Waals surface area (Å²) in [6, 6.07) is 8.41. The summed E-state index contributed by atoms with van der Waals surface area (Å²) in [5, 5.41) is 13.4. The van der Waals surface area contributed by atoms with Crippen molar-refractivity contribution in [2.24, 2.45) is 0 Å². The molecule has 2 rings (SSSR count). The molecule has 1 aromatic carbocycles. The summed E-state index contributed by atoms with van der Waals surface area (Å²) in [6.45, 7) is 5.93. The van der Waals surface area contributed by atoms with E-state index in [4.69, 9.17) is 4.74 Å². The molecular formula is C16H25NO2. The van der Waals surface area contributed by atoms with Crippen molar-refractivity contribution < 1.29 is 9.84 Å². The first kappa shape index (κ1) is 14.4. The van der Waals surface area contributed by atoms with Crippen molar-refractivity contribution in [2.75, 3.05) is 13.2 Å². The first-order valence-corrected chi connectivity index (χ1v) is 7.31. The molecule has 0 amide bonds. The molecule has 1 aromatic rings. The van der Waals surface area contributed by atoms with Gasteiger partial charge >= 0.3 is 0 Å². The van der Waals surface area contributed by atoms with Crippen molar-refractivity contribution in [3.05, 3.63) is 29.8 Å². The molecule has 1 aliphatic heterocycles. The van der Waals surface area contributed by atoms with Crippen LogP contribution >= 0.6 is 0 Å². The van der Waals surface area contributed by atoms with Gasteiger partial charge in [0.05, 0.1) is 12.7 Å². The lowest BCUT2D eigenvalue weighted by Gasteiger charge is -2.19. The average molecular weight is 263 g/mol. The fourth-order valence-electron chi connectivity index (χ4n) is 2.62. The zero-order chi connectivity index (χ0) is 13.7. The summed E-state index contributed by atoms with van der Waals surface area (Å²) >= 11 is 0. The highest BCUT2D eigenvalue weighted by Gasteiger charge is 2.22.